The van der Waals surface area contributed by atoms with Gasteiger partial charge in [-0.3, -0.25) is 0 Å². The van der Waals surface area contributed by atoms with Gasteiger partial charge in [0.1, 0.15) is 0 Å². The van der Waals surface area contributed by atoms with E-state index in [0.29, 0.717) is 17.3 Å². The molecule has 0 spiro atoms. The highest BCUT2D eigenvalue weighted by Crippen LogP contribution is 2.20. The van der Waals surface area contributed by atoms with Crippen molar-refractivity contribution in [3.05, 3.63) is 30.0 Å². The second-order valence-electron chi connectivity index (χ2n) is 3.57. The summed E-state index contributed by atoms with van der Waals surface area (Å²) in [6, 6.07) is 3.70. The summed E-state index contributed by atoms with van der Waals surface area (Å²) in [4.78, 5) is 8.47. The van der Waals surface area contributed by atoms with Crippen LogP contribution in [-0.4, -0.2) is 15.1 Å². The zero-order chi connectivity index (χ0) is 12.1. The molecule has 0 aliphatic heterocycles. The Morgan fingerprint density at radius 1 is 1.41 bits per heavy atom. The second-order valence-corrected chi connectivity index (χ2v) is 4.57. The maximum Gasteiger partial charge on any atom is 0.237 e. The standard InChI is InChI=1S/C11H14N4OS/c1-2-3-9-14-10(16-15-9)7-17-11-5-4-8(12)6-13-11/h4-6H,2-3,7,12H2,1H3. The van der Waals surface area contributed by atoms with Gasteiger partial charge in [0.2, 0.25) is 5.89 Å². The number of nitrogens with two attached hydrogens (primary N) is 1. The van der Waals surface area contributed by atoms with Gasteiger partial charge in [0.05, 0.1) is 22.7 Å². The fourth-order valence-corrected chi connectivity index (χ4v) is 1.97. The predicted octanol–water partition coefficient (Wildman–Crippen LogP) is 2.29. The minimum absolute atomic E-state index is 0.633. The van der Waals surface area contributed by atoms with Crippen LogP contribution in [0.5, 0.6) is 0 Å². The van der Waals surface area contributed by atoms with Crippen molar-refractivity contribution in [1.29, 1.82) is 0 Å². The Kier molecular flexibility index (Phi) is 3.98. The number of hydrogen-bond acceptors (Lipinski definition) is 6. The van der Waals surface area contributed by atoms with E-state index in [-0.39, 0.29) is 0 Å². The monoisotopic (exact) mass is 250 g/mol. The number of nitrogen functional groups attached to an aromatic ring is 1. The van der Waals surface area contributed by atoms with Crippen molar-refractivity contribution < 1.29 is 4.52 Å². The van der Waals surface area contributed by atoms with E-state index in [1.807, 2.05) is 12.1 Å². The van der Waals surface area contributed by atoms with Crippen LogP contribution in [0.25, 0.3) is 0 Å². The van der Waals surface area contributed by atoms with Crippen molar-refractivity contribution >= 4 is 17.4 Å². The van der Waals surface area contributed by atoms with E-state index in [0.717, 1.165) is 23.7 Å². The van der Waals surface area contributed by atoms with E-state index >= 15 is 0 Å². The molecule has 0 radical (unpaired) electrons. The Hall–Kier alpha value is -1.56. The lowest BCUT2D eigenvalue weighted by atomic mass is 10.3. The summed E-state index contributed by atoms with van der Waals surface area (Å²) in [5.41, 5.74) is 6.22. The average Bonchev–Trinajstić information content (AvgIpc) is 2.77. The molecule has 17 heavy (non-hydrogen) atoms. The van der Waals surface area contributed by atoms with Gasteiger partial charge in [0.15, 0.2) is 5.82 Å². The maximum absolute atomic E-state index is 5.56. The zero-order valence-corrected chi connectivity index (χ0v) is 10.4. The molecular weight excluding hydrogens is 236 g/mol. The molecule has 2 heterocycles. The molecule has 2 aromatic rings. The molecule has 0 amide bonds. The highest BCUT2D eigenvalue weighted by atomic mass is 32.2. The topological polar surface area (TPSA) is 77.8 Å². The van der Waals surface area contributed by atoms with E-state index in [1.54, 1.807) is 18.0 Å². The number of rotatable bonds is 5. The molecule has 0 bridgehead atoms. The first-order valence-electron chi connectivity index (χ1n) is 5.43. The molecule has 0 unspecified atom stereocenters. The fourth-order valence-electron chi connectivity index (χ4n) is 1.29. The van der Waals surface area contributed by atoms with Crippen molar-refractivity contribution in [3.63, 3.8) is 0 Å². The average molecular weight is 250 g/mol. The summed E-state index contributed by atoms with van der Waals surface area (Å²) < 4.78 is 5.13. The Labute approximate surface area is 104 Å². The van der Waals surface area contributed by atoms with Gasteiger partial charge in [-0.05, 0) is 18.6 Å². The molecule has 2 N–H and O–H groups in total. The normalized spacial score (nSPS) is 10.6. The first-order chi connectivity index (χ1) is 8.28. The van der Waals surface area contributed by atoms with Crippen LogP contribution in [0.3, 0.4) is 0 Å². The Bertz CT molecular complexity index is 469. The van der Waals surface area contributed by atoms with Gasteiger partial charge in [-0.25, -0.2) is 4.98 Å². The van der Waals surface area contributed by atoms with E-state index < -0.39 is 0 Å². The summed E-state index contributed by atoms with van der Waals surface area (Å²) in [5, 5.41) is 4.79. The summed E-state index contributed by atoms with van der Waals surface area (Å²) in [6.45, 7) is 2.09. The van der Waals surface area contributed by atoms with Gasteiger partial charge in [-0.1, -0.05) is 23.8 Å². The largest absolute Gasteiger partial charge is 0.397 e. The number of aromatic nitrogens is 3. The third-order valence-electron chi connectivity index (χ3n) is 2.09. The molecule has 0 atom stereocenters. The summed E-state index contributed by atoms with van der Waals surface area (Å²) in [6.07, 6.45) is 3.51. The Morgan fingerprint density at radius 2 is 2.29 bits per heavy atom. The number of thioether (sulfide) groups is 1. The molecule has 5 nitrogen and oxygen atoms in total. The van der Waals surface area contributed by atoms with Crippen LogP contribution in [0.4, 0.5) is 5.69 Å². The lowest BCUT2D eigenvalue weighted by Crippen LogP contribution is -1.88. The van der Waals surface area contributed by atoms with Crippen molar-refractivity contribution in [2.45, 2.75) is 30.5 Å². The van der Waals surface area contributed by atoms with Crippen LogP contribution in [0.2, 0.25) is 0 Å². The number of hydrogen-bond donors (Lipinski definition) is 1. The van der Waals surface area contributed by atoms with Gasteiger partial charge in [-0.15, -0.1) is 0 Å². The van der Waals surface area contributed by atoms with E-state index in [1.165, 1.54) is 0 Å². The molecule has 0 fully saturated rings. The van der Waals surface area contributed by atoms with Gasteiger partial charge in [0.25, 0.3) is 0 Å². The van der Waals surface area contributed by atoms with E-state index in [4.69, 9.17) is 10.3 Å². The van der Waals surface area contributed by atoms with Crippen LogP contribution < -0.4 is 5.73 Å². The van der Waals surface area contributed by atoms with Crippen molar-refractivity contribution in [1.82, 2.24) is 15.1 Å². The van der Waals surface area contributed by atoms with Crippen LogP contribution in [-0.2, 0) is 12.2 Å². The predicted molar refractivity (Wildman–Crippen MR) is 66.5 cm³/mol. The minimum atomic E-state index is 0.633. The van der Waals surface area contributed by atoms with Gasteiger partial charge in [0, 0.05) is 6.42 Å². The van der Waals surface area contributed by atoms with Crippen molar-refractivity contribution in [3.8, 4) is 0 Å². The van der Waals surface area contributed by atoms with E-state index in [2.05, 4.69) is 22.0 Å². The molecule has 0 aromatic carbocycles. The Morgan fingerprint density at radius 3 is 3.00 bits per heavy atom. The van der Waals surface area contributed by atoms with Crippen molar-refractivity contribution in [2.24, 2.45) is 0 Å². The summed E-state index contributed by atoms with van der Waals surface area (Å²) in [5.74, 6) is 2.04. The molecule has 0 saturated heterocycles. The van der Waals surface area contributed by atoms with E-state index in [9.17, 15) is 0 Å². The third kappa shape index (κ3) is 3.45. The molecular formula is C11H14N4OS. The van der Waals surface area contributed by atoms with Crippen LogP contribution in [0, 0.1) is 0 Å². The second kappa shape index (κ2) is 5.67. The molecule has 0 aliphatic rings. The fraction of sp³-hybridized carbons (Fsp3) is 0.364. The number of aryl methyl sites for hydroxylation is 1. The SMILES string of the molecule is CCCc1noc(CSc2ccc(N)cn2)n1. The molecule has 90 valence electrons. The van der Waals surface area contributed by atoms with Crippen LogP contribution in [0.15, 0.2) is 27.9 Å². The first-order valence-corrected chi connectivity index (χ1v) is 6.42. The molecule has 2 rings (SSSR count). The molecule has 0 saturated carbocycles. The maximum atomic E-state index is 5.56. The highest BCUT2D eigenvalue weighted by molar-refractivity contribution is 7.98. The zero-order valence-electron chi connectivity index (χ0n) is 9.59. The van der Waals surface area contributed by atoms with Crippen LogP contribution in [0.1, 0.15) is 25.1 Å². The smallest absolute Gasteiger partial charge is 0.237 e. The quantitative estimate of drug-likeness (QED) is 0.820. The first kappa shape index (κ1) is 11.9. The molecule has 2 aromatic heterocycles. The number of nitrogens with zero attached hydrogens (tertiary/aromatic N) is 3. The highest BCUT2D eigenvalue weighted by Gasteiger charge is 2.06. The lowest BCUT2D eigenvalue weighted by molar-refractivity contribution is 0.384. The minimum Gasteiger partial charge on any atom is -0.397 e. The van der Waals surface area contributed by atoms with Gasteiger partial charge in [-0.2, -0.15) is 4.98 Å². The molecule has 6 heteroatoms. The number of anilines is 1. The lowest BCUT2D eigenvalue weighted by Gasteiger charge is -1.97. The Balaban J connectivity index is 1.90. The summed E-state index contributed by atoms with van der Waals surface area (Å²) in [7, 11) is 0. The van der Waals surface area contributed by atoms with Crippen molar-refractivity contribution in [2.75, 3.05) is 5.73 Å². The van der Waals surface area contributed by atoms with Crippen LogP contribution >= 0.6 is 11.8 Å². The third-order valence-corrected chi connectivity index (χ3v) is 3.02. The van der Waals surface area contributed by atoms with Gasteiger partial charge >= 0.3 is 0 Å². The molecule has 0 aliphatic carbocycles. The van der Waals surface area contributed by atoms with Gasteiger partial charge < -0.3 is 10.3 Å². The summed E-state index contributed by atoms with van der Waals surface area (Å²) >= 11 is 1.55. The number of pyridine rings is 1.